The van der Waals surface area contributed by atoms with Crippen LogP contribution in [0.15, 0.2) is 71.5 Å². The molecule has 0 unspecified atom stereocenters. The third-order valence-corrected chi connectivity index (χ3v) is 5.94. The molecule has 0 aliphatic heterocycles. The van der Waals surface area contributed by atoms with Crippen molar-refractivity contribution in [3.05, 3.63) is 88.3 Å². The molecule has 0 fully saturated rings. The Morgan fingerprint density at radius 2 is 1.70 bits per heavy atom. The molecule has 0 saturated heterocycles. The molecule has 8 nitrogen and oxygen atoms in total. The third-order valence-electron chi connectivity index (χ3n) is 4.64. The summed E-state index contributed by atoms with van der Waals surface area (Å²) in [5.41, 5.74) is 2.12. The van der Waals surface area contributed by atoms with Crippen molar-refractivity contribution in [3.63, 3.8) is 0 Å². The number of nitrogens with one attached hydrogen (secondary N) is 2. The number of phenols is 2. The number of hydrogen-bond acceptors (Lipinski definition) is 5. The van der Waals surface area contributed by atoms with Crippen molar-refractivity contribution in [1.29, 1.82) is 0 Å². The smallest absolute Gasteiger partial charge is 0.331 e. The summed E-state index contributed by atoms with van der Waals surface area (Å²) >= 11 is 0. The highest BCUT2D eigenvalue weighted by molar-refractivity contribution is 7.88. The third kappa shape index (κ3) is 4.07. The van der Waals surface area contributed by atoms with Crippen LogP contribution in [0.5, 0.6) is 11.5 Å². The van der Waals surface area contributed by atoms with Gasteiger partial charge in [-0.2, -0.15) is 0 Å². The zero-order valence-corrected chi connectivity index (χ0v) is 16.6. The second-order valence-corrected chi connectivity index (χ2v) is 8.66. The standard InChI is InChI=1S/C21H19N3O5S/c25-16-7-9-19(20(26)11-16)24-18-8-6-15(10-17(18)23-21(24)27)12-22-30(28,29)13-14-4-2-1-3-5-14/h1-11,22,25-26H,12-13H2,(H,23,27). The minimum Gasteiger partial charge on any atom is -0.508 e. The van der Waals surface area contributed by atoms with Gasteiger partial charge < -0.3 is 15.2 Å². The molecule has 4 aromatic rings. The van der Waals surface area contributed by atoms with Crippen LogP contribution < -0.4 is 10.4 Å². The molecule has 1 heterocycles. The normalized spacial score (nSPS) is 11.7. The molecule has 0 bridgehead atoms. The molecule has 1 aromatic heterocycles. The number of nitrogens with zero attached hydrogens (tertiary/aromatic N) is 1. The van der Waals surface area contributed by atoms with E-state index in [-0.39, 0.29) is 29.5 Å². The van der Waals surface area contributed by atoms with Gasteiger partial charge in [-0.15, -0.1) is 0 Å². The first-order valence-electron chi connectivity index (χ1n) is 9.10. The highest BCUT2D eigenvalue weighted by Crippen LogP contribution is 2.27. The number of fused-ring (bicyclic) bond motifs is 1. The van der Waals surface area contributed by atoms with Gasteiger partial charge in [0.15, 0.2) is 0 Å². The van der Waals surface area contributed by atoms with E-state index in [1.165, 1.54) is 16.7 Å². The zero-order chi connectivity index (χ0) is 21.3. The van der Waals surface area contributed by atoms with E-state index in [0.29, 0.717) is 22.2 Å². The van der Waals surface area contributed by atoms with Gasteiger partial charge in [-0.25, -0.2) is 17.9 Å². The predicted molar refractivity (Wildman–Crippen MR) is 113 cm³/mol. The van der Waals surface area contributed by atoms with Gasteiger partial charge in [0.2, 0.25) is 10.0 Å². The largest absolute Gasteiger partial charge is 0.508 e. The summed E-state index contributed by atoms with van der Waals surface area (Å²) in [6, 6.07) is 17.9. The lowest BCUT2D eigenvalue weighted by Crippen LogP contribution is -2.24. The molecular formula is C21H19N3O5S. The number of aromatic nitrogens is 2. The summed E-state index contributed by atoms with van der Waals surface area (Å²) in [5.74, 6) is -0.478. The number of hydrogen-bond donors (Lipinski definition) is 4. The molecule has 0 saturated carbocycles. The van der Waals surface area contributed by atoms with Gasteiger partial charge in [0, 0.05) is 12.6 Å². The van der Waals surface area contributed by atoms with Crippen LogP contribution in [-0.2, 0) is 22.3 Å². The second kappa shape index (κ2) is 7.69. The second-order valence-electron chi connectivity index (χ2n) is 6.86. The Hall–Kier alpha value is -3.56. The van der Waals surface area contributed by atoms with E-state index >= 15 is 0 Å². The average molecular weight is 425 g/mol. The van der Waals surface area contributed by atoms with Gasteiger partial charge in [-0.1, -0.05) is 36.4 Å². The van der Waals surface area contributed by atoms with E-state index in [4.69, 9.17) is 0 Å². The molecule has 0 aliphatic carbocycles. The summed E-state index contributed by atoms with van der Waals surface area (Å²) in [5, 5.41) is 19.5. The van der Waals surface area contributed by atoms with Gasteiger partial charge in [0.25, 0.3) is 0 Å². The minimum absolute atomic E-state index is 0.0722. The maximum absolute atomic E-state index is 12.4. The molecule has 154 valence electrons. The van der Waals surface area contributed by atoms with Crippen molar-refractivity contribution in [1.82, 2.24) is 14.3 Å². The Kier molecular flexibility index (Phi) is 5.06. The number of phenolic OH excluding ortho intramolecular Hbond substituents is 2. The van der Waals surface area contributed by atoms with Crippen molar-refractivity contribution in [2.45, 2.75) is 12.3 Å². The Morgan fingerprint density at radius 1 is 0.933 bits per heavy atom. The molecule has 3 aromatic carbocycles. The maximum Gasteiger partial charge on any atom is 0.331 e. The fraction of sp³-hybridized carbons (Fsp3) is 0.0952. The lowest BCUT2D eigenvalue weighted by Gasteiger charge is -2.08. The number of aromatic hydroxyl groups is 2. The first kappa shape index (κ1) is 19.7. The van der Waals surface area contributed by atoms with E-state index in [9.17, 15) is 23.4 Å². The summed E-state index contributed by atoms with van der Waals surface area (Å²) in [7, 11) is -3.53. The number of H-pyrrole nitrogens is 1. The van der Waals surface area contributed by atoms with Crippen LogP contribution in [0.2, 0.25) is 0 Å². The van der Waals surface area contributed by atoms with Crippen molar-refractivity contribution < 1.29 is 18.6 Å². The average Bonchev–Trinajstić information content (AvgIpc) is 3.02. The van der Waals surface area contributed by atoms with Crippen LogP contribution >= 0.6 is 0 Å². The highest BCUT2D eigenvalue weighted by Gasteiger charge is 2.15. The minimum atomic E-state index is -3.53. The number of benzene rings is 3. The number of imidazole rings is 1. The summed E-state index contributed by atoms with van der Waals surface area (Å²) < 4.78 is 28.5. The van der Waals surface area contributed by atoms with E-state index < -0.39 is 15.7 Å². The van der Waals surface area contributed by atoms with Gasteiger partial charge in [0.05, 0.1) is 22.5 Å². The highest BCUT2D eigenvalue weighted by atomic mass is 32.2. The Labute approximate surface area is 172 Å². The fourth-order valence-corrected chi connectivity index (χ4v) is 4.37. The van der Waals surface area contributed by atoms with Crippen molar-refractivity contribution in [3.8, 4) is 17.2 Å². The van der Waals surface area contributed by atoms with Crippen LogP contribution in [0.4, 0.5) is 0 Å². The lowest BCUT2D eigenvalue weighted by molar-refractivity contribution is 0.448. The first-order chi connectivity index (χ1) is 14.3. The maximum atomic E-state index is 12.4. The summed E-state index contributed by atoms with van der Waals surface area (Å²) in [6.07, 6.45) is 0. The molecule has 4 N–H and O–H groups in total. The molecule has 0 aliphatic rings. The SMILES string of the molecule is O=c1[nH]c2cc(CNS(=O)(=O)Cc3ccccc3)ccc2n1-c1ccc(O)cc1O. The molecular weight excluding hydrogens is 406 g/mol. The van der Waals surface area contributed by atoms with Crippen molar-refractivity contribution >= 4 is 21.1 Å². The molecule has 0 atom stereocenters. The van der Waals surface area contributed by atoms with Crippen LogP contribution in [-0.4, -0.2) is 28.2 Å². The van der Waals surface area contributed by atoms with Gasteiger partial charge >= 0.3 is 5.69 Å². The van der Waals surface area contributed by atoms with Crippen LogP contribution in [0.3, 0.4) is 0 Å². The molecule has 4 rings (SSSR count). The summed E-state index contributed by atoms with van der Waals surface area (Å²) in [6.45, 7) is 0.0722. The fourth-order valence-electron chi connectivity index (χ4n) is 3.25. The summed E-state index contributed by atoms with van der Waals surface area (Å²) in [4.78, 5) is 15.1. The molecule has 0 spiro atoms. The van der Waals surface area contributed by atoms with Gasteiger partial charge in [0.1, 0.15) is 11.5 Å². The van der Waals surface area contributed by atoms with E-state index in [1.54, 1.807) is 42.5 Å². The zero-order valence-electron chi connectivity index (χ0n) is 15.7. The van der Waals surface area contributed by atoms with Crippen molar-refractivity contribution in [2.75, 3.05) is 0 Å². The van der Waals surface area contributed by atoms with Gasteiger partial charge in [-0.3, -0.25) is 4.57 Å². The number of sulfonamides is 1. The van der Waals surface area contributed by atoms with Crippen LogP contribution in [0.25, 0.3) is 16.7 Å². The number of rotatable bonds is 6. The molecule has 0 radical (unpaired) electrons. The van der Waals surface area contributed by atoms with E-state index in [0.717, 1.165) is 6.07 Å². The monoisotopic (exact) mass is 425 g/mol. The molecule has 0 amide bonds. The van der Waals surface area contributed by atoms with Crippen LogP contribution in [0.1, 0.15) is 11.1 Å². The Morgan fingerprint density at radius 3 is 2.43 bits per heavy atom. The first-order valence-corrected chi connectivity index (χ1v) is 10.7. The predicted octanol–water partition coefficient (Wildman–Crippen LogP) is 2.35. The Balaban J connectivity index is 1.58. The van der Waals surface area contributed by atoms with Gasteiger partial charge in [-0.05, 0) is 35.4 Å². The molecule has 9 heteroatoms. The lowest BCUT2D eigenvalue weighted by atomic mass is 10.2. The Bertz CT molecular complexity index is 1380. The molecule has 30 heavy (non-hydrogen) atoms. The number of aromatic amines is 1. The quantitative estimate of drug-likeness (QED) is 0.377. The topological polar surface area (TPSA) is 124 Å². The van der Waals surface area contributed by atoms with Crippen LogP contribution in [0, 0.1) is 0 Å². The van der Waals surface area contributed by atoms with E-state index in [2.05, 4.69) is 9.71 Å². The van der Waals surface area contributed by atoms with E-state index in [1.807, 2.05) is 6.07 Å². The van der Waals surface area contributed by atoms with Crippen molar-refractivity contribution in [2.24, 2.45) is 0 Å².